The lowest BCUT2D eigenvalue weighted by Gasteiger charge is -2.39. The van der Waals surface area contributed by atoms with Gasteiger partial charge in [0.15, 0.2) is 12.4 Å². The van der Waals surface area contributed by atoms with Gasteiger partial charge in [-0.25, -0.2) is 0 Å². The minimum atomic E-state index is -0.349. The third kappa shape index (κ3) is 9.60. The molecule has 1 aliphatic rings. The van der Waals surface area contributed by atoms with Crippen LogP contribution in [0.2, 0.25) is 0 Å². The van der Waals surface area contributed by atoms with Gasteiger partial charge < -0.3 is 10.4 Å². The largest absolute Gasteiger partial charge is 0.345 e. The Morgan fingerprint density at radius 2 is 1.39 bits per heavy atom. The first-order valence-corrected chi connectivity index (χ1v) is 12.3. The summed E-state index contributed by atoms with van der Waals surface area (Å²) < 4.78 is 0.655. The third-order valence-electron chi connectivity index (χ3n) is 6.45. The fourth-order valence-electron chi connectivity index (χ4n) is 4.43. The number of rotatable bonds is 18. The van der Waals surface area contributed by atoms with Gasteiger partial charge in [0.25, 0.3) is 0 Å². The van der Waals surface area contributed by atoms with Crippen molar-refractivity contribution in [2.45, 2.75) is 129 Å². The molecular weight excluding hydrogens is 344 g/mol. The van der Waals surface area contributed by atoms with E-state index < -0.39 is 0 Å². The van der Waals surface area contributed by atoms with Crippen LogP contribution in [0.4, 0.5) is 0 Å². The fraction of sp³-hybridized carbons (Fsp3) is 0.840. The van der Waals surface area contributed by atoms with Gasteiger partial charge in [-0.3, -0.25) is 4.48 Å². The summed E-state index contributed by atoms with van der Waals surface area (Å²) in [6.07, 6.45) is 29.1. The molecule has 164 valence electrons. The monoisotopic (exact) mass is 393 g/mol. The maximum Gasteiger partial charge on any atom is 0.193 e. The minimum Gasteiger partial charge on any atom is -0.345 e. The SMILES string of the molecule is CCCCCCCCCCCCC/C=C/CCCC1NC=C[N+]1(CC)C(C)O. The number of allylic oxidation sites excluding steroid dienone is 2. The lowest BCUT2D eigenvalue weighted by atomic mass is 10.1. The summed E-state index contributed by atoms with van der Waals surface area (Å²) in [4.78, 5) is 0. The van der Waals surface area contributed by atoms with Crippen LogP contribution in [0, 0.1) is 0 Å². The van der Waals surface area contributed by atoms with Crippen molar-refractivity contribution in [1.82, 2.24) is 5.32 Å². The van der Waals surface area contributed by atoms with Crippen molar-refractivity contribution in [2.75, 3.05) is 6.54 Å². The van der Waals surface area contributed by atoms with Crippen molar-refractivity contribution in [3.63, 3.8) is 0 Å². The first kappa shape index (κ1) is 25.2. The Morgan fingerprint density at radius 1 is 0.857 bits per heavy atom. The van der Waals surface area contributed by atoms with Gasteiger partial charge in [-0.2, -0.15) is 0 Å². The molecule has 1 heterocycles. The normalized spacial score (nSPS) is 22.8. The number of unbranched alkanes of at least 4 members (excludes halogenated alkanes) is 12. The molecule has 0 aliphatic carbocycles. The van der Waals surface area contributed by atoms with Gasteiger partial charge in [-0.1, -0.05) is 83.3 Å². The van der Waals surface area contributed by atoms with E-state index in [0.717, 1.165) is 19.4 Å². The summed E-state index contributed by atoms with van der Waals surface area (Å²) >= 11 is 0. The minimum absolute atomic E-state index is 0.324. The molecular formula is C25H49N2O+. The second kappa shape index (κ2) is 16.0. The second-order valence-electron chi connectivity index (χ2n) is 8.67. The van der Waals surface area contributed by atoms with E-state index in [1.807, 2.05) is 13.1 Å². The van der Waals surface area contributed by atoms with Crippen molar-refractivity contribution in [2.24, 2.45) is 0 Å². The molecule has 28 heavy (non-hydrogen) atoms. The van der Waals surface area contributed by atoms with Crippen LogP contribution in [0.15, 0.2) is 24.6 Å². The molecule has 0 aromatic carbocycles. The maximum atomic E-state index is 10.2. The molecule has 1 aliphatic heterocycles. The van der Waals surface area contributed by atoms with Crippen molar-refractivity contribution < 1.29 is 9.59 Å². The highest BCUT2D eigenvalue weighted by atomic mass is 16.3. The molecule has 0 bridgehead atoms. The van der Waals surface area contributed by atoms with Crippen LogP contribution in [0.5, 0.6) is 0 Å². The Hall–Kier alpha value is -0.800. The van der Waals surface area contributed by atoms with Gasteiger partial charge in [-0.15, -0.1) is 0 Å². The summed E-state index contributed by atoms with van der Waals surface area (Å²) in [6.45, 7) is 7.28. The smallest absolute Gasteiger partial charge is 0.193 e. The molecule has 1 rings (SSSR count). The number of hydrogen-bond donors (Lipinski definition) is 2. The average molecular weight is 394 g/mol. The second-order valence-corrected chi connectivity index (χ2v) is 8.67. The van der Waals surface area contributed by atoms with E-state index in [-0.39, 0.29) is 6.23 Å². The number of aliphatic hydroxyl groups is 1. The van der Waals surface area contributed by atoms with Gasteiger partial charge in [0.2, 0.25) is 0 Å². The standard InChI is InChI=1S/C25H49N2O/c1-4-6-7-8-9-10-11-12-13-14-15-16-17-18-19-20-21-25-26-22-23-27(25,5-2)24(3)28/h17-18,22-26,28H,4-16,19-21H2,1-3H3/q+1/b18-17+. The van der Waals surface area contributed by atoms with Crippen LogP contribution in [-0.4, -0.2) is 28.5 Å². The molecule has 0 aromatic heterocycles. The Kier molecular flexibility index (Phi) is 14.5. The molecule has 0 aromatic rings. The molecule has 3 heteroatoms. The molecule has 3 nitrogen and oxygen atoms in total. The molecule has 0 spiro atoms. The molecule has 0 amide bonds. The van der Waals surface area contributed by atoms with Crippen LogP contribution in [0.3, 0.4) is 0 Å². The quantitative estimate of drug-likeness (QED) is 0.149. The highest BCUT2D eigenvalue weighted by molar-refractivity contribution is 4.86. The number of hydrogen-bond acceptors (Lipinski definition) is 2. The van der Waals surface area contributed by atoms with E-state index in [9.17, 15) is 5.11 Å². The number of quaternary nitrogens is 1. The van der Waals surface area contributed by atoms with Crippen molar-refractivity contribution in [3.8, 4) is 0 Å². The first-order chi connectivity index (χ1) is 13.7. The molecule has 0 saturated heterocycles. The van der Waals surface area contributed by atoms with Crippen molar-refractivity contribution >= 4 is 0 Å². The molecule has 3 unspecified atom stereocenters. The van der Waals surface area contributed by atoms with Crippen molar-refractivity contribution in [1.29, 1.82) is 0 Å². The molecule has 3 atom stereocenters. The molecule has 0 fully saturated rings. The van der Waals surface area contributed by atoms with E-state index in [1.165, 1.54) is 83.5 Å². The Morgan fingerprint density at radius 3 is 1.93 bits per heavy atom. The summed E-state index contributed by atoms with van der Waals surface area (Å²) in [5, 5.41) is 13.6. The number of nitrogens with one attached hydrogen (secondary N) is 1. The van der Waals surface area contributed by atoms with Crippen LogP contribution in [-0.2, 0) is 0 Å². The zero-order valence-corrected chi connectivity index (χ0v) is 19.2. The van der Waals surface area contributed by atoms with E-state index in [0.29, 0.717) is 10.6 Å². The summed E-state index contributed by atoms with van der Waals surface area (Å²) in [6, 6.07) is 0. The summed E-state index contributed by atoms with van der Waals surface area (Å²) in [5.74, 6) is 0. The highest BCUT2D eigenvalue weighted by Gasteiger charge is 2.40. The summed E-state index contributed by atoms with van der Waals surface area (Å²) in [7, 11) is 0. The van der Waals surface area contributed by atoms with Gasteiger partial charge in [0.05, 0.1) is 12.7 Å². The highest BCUT2D eigenvalue weighted by Crippen LogP contribution is 2.25. The topological polar surface area (TPSA) is 32.3 Å². The number of aliphatic hydroxyl groups excluding tert-OH is 1. The van der Waals surface area contributed by atoms with Crippen LogP contribution in [0.1, 0.15) is 117 Å². The number of nitrogens with zero attached hydrogens (tertiary/aromatic N) is 1. The average Bonchev–Trinajstić information content (AvgIpc) is 3.12. The van der Waals surface area contributed by atoms with Gasteiger partial charge in [0, 0.05) is 13.3 Å². The lowest BCUT2D eigenvalue weighted by molar-refractivity contribution is -0.942. The van der Waals surface area contributed by atoms with Crippen LogP contribution in [0.25, 0.3) is 0 Å². The lowest BCUT2D eigenvalue weighted by Crippen LogP contribution is -2.57. The van der Waals surface area contributed by atoms with Crippen LogP contribution >= 0.6 is 0 Å². The van der Waals surface area contributed by atoms with Crippen molar-refractivity contribution in [3.05, 3.63) is 24.6 Å². The molecule has 2 N–H and O–H groups in total. The molecule has 0 saturated carbocycles. The maximum absolute atomic E-state index is 10.2. The zero-order valence-electron chi connectivity index (χ0n) is 19.2. The predicted molar refractivity (Wildman–Crippen MR) is 123 cm³/mol. The van der Waals surface area contributed by atoms with Gasteiger partial charge in [0.1, 0.15) is 6.20 Å². The first-order valence-electron chi connectivity index (χ1n) is 12.3. The molecule has 0 radical (unpaired) electrons. The zero-order chi connectivity index (χ0) is 20.5. The van der Waals surface area contributed by atoms with E-state index in [4.69, 9.17) is 0 Å². The Balaban J connectivity index is 1.93. The fourth-order valence-corrected chi connectivity index (χ4v) is 4.43. The Labute approximate surface area is 175 Å². The van der Waals surface area contributed by atoms with E-state index in [2.05, 4.69) is 37.5 Å². The summed E-state index contributed by atoms with van der Waals surface area (Å²) in [5.41, 5.74) is 0. The van der Waals surface area contributed by atoms with Gasteiger partial charge >= 0.3 is 0 Å². The van der Waals surface area contributed by atoms with Gasteiger partial charge in [-0.05, 0) is 32.6 Å². The predicted octanol–water partition coefficient (Wildman–Crippen LogP) is 6.99. The van der Waals surface area contributed by atoms with E-state index >= 15 is 0 Å². The Bertz CT molecular complexity index is 419. The third-order valence-corrected chi connectivity index (χ3v) is 6.45. The van der Waals surface area contributed by atoms with Crippen LogP contribution < -0.4 is 5.32 Å². The van der Waals surface area contributed by atoms with E-state index in [1.54, 1.807) is 0 Å².